The average Bonchev–Trinajstić information content (AvgIpc) is 3.54. The molecule has 8 rings (SSSR count). The number of benzene rings is 4. The van der Waals surface area contributed by atoms with Crippen LogP contribution >= 0.6 is 0 Å². The number of aliphatic carboxylic acids is 1. The fourth-order valence-corrected chi connectivity index (χ4v) is 8.09. The molecular formula is C43H40N6O4. The molecule has 4 heterocycles. The van der Waals surface area contributed by atoms with E-state index in [4.69, 9.17) is 0 Å². The van der Waals surface area contributed by atoms with Crippen molar-refractivity contribution < 1.29 is 19.5 Å². The number of anilines is 2. The lowest BCUT2D eigenvalue weighted by Crippen LogP contribution is -2.30. The molecule has 0 radical (unpaired) electrons. The van der Waals surface area contributed by atoms with Gasteiger partial charge in [-0.2, -0.15) is 10.2 Å². The van der Waals surface area contributed by atoms with E-state index in [0.717, 1.165) is 67.3 Å². The van der Waals surface area contributed by atoms with E-state index in [1.165, 1.54) is 0 Å². The van der Waals surface area contributed by atoms with Crippen molar-refractivity contribution in [1.82, 2.24) is 19.6 Å². The topological polar surface area (TPSA) is 114 Å². The molecule has 2 aromatic heterocycles. The number of carboxylic acid groups (broad SMARTS) is 1. The summed E-state index contributed by atoms with van der Waals surface area (Å²) in [5.41, 5.74) is 12.3. The Hall–Kier alpha value is -6.29. The number of aromatic nitrogens is 4. The lowest BCUT2D eigenvalue weighted by molar-refractivity contribution is -0.137. The smallest absolute Gasteiger partial charge is 0.304 e. The second kappa shape index (κ2) is 13.4. The third-order valence-corrected chi connectivity index (χ3v) is 10.9. The largest absolute Gasteiger partial charge is 0.481 e. The Balaban J connectivity index is 1.10. The molecule has 0 fully saturated rings. The summed E-state index contributed by atoms with van der Waals surface area (Å²) in [6.07, 6.45) is 4.88. The number of amides is 2. The number of rotatable bonds is 6. The van der Waals surface area contributed by atoms with Gasteiger partial charge in [-0.3, -0.25) is 23.7 Å². The number of carboxylic acids is 1. The van der Waals surface area contributed by atoms with Crippen molar-refractivity contribution in [2.24, 2.45) is 14.1 Å². The van der Waals surface area contributed by atoms with Gasteiger partial charge < -0.3 is 14.9 Å². The summed E-state index contributed by atoms with van der Waals surface area (Å²) in [5.74, 6) is -1.69. The molecule has 1 N–H and O–H groups in total. The van der Waals surface area contributed by atoms with Gasteiger partial charge in [0.05, 0.1) is 31.9 Å². The van der Waals surface area contributed by atoms with Crippen LogP contribution in [0.25, 0.3) is 0 Å². The van der Waals surface area contributed by atoms with Crippen LogP contribution in [0.3, 0.4) is 0 Å². The Morgan fingerprint density at radius 1 is 0.642 bits per heavy atom. The fourth-order valence-electron chi connectivity index (χ4n) is 8.09. The van der Waals surface area contributed by atoms with Crippen molar-refractivity contribution in [3.05, 3.63) is 164 Å². The first-order valence-corrected chi connectivity index (χ1v) is 17.8. The van der Waals surface area contributed by atoms with E-state index < -0.39 is 11.9 Å². The van der Waals surface area contributed by atoms with E-state index in [-0.39, 0.29) is 18.2 Å². The van der Waals surface area contributed by atoms with Crippen LogP contribution in [0.2, 0.25) is 0 Å². The van der Waals surface area contributed by atoms with Crippen molar-refractivity contribution in [1.29, 1.82) is 0 Å². The third-order valence-electron chi connectivity index (χ3n) is 10.9. The highest BCUT2D eigenvalue weighted by molar-refractivity contribution is 6.07. The molecule has 6 aromatic rings. The van der Waals surface area contributed by atoms with Crippen molar-refractivity contribution >= 4 is 29.2 Å². The van der Waals surface area contributed by atoms with Gasteiger partial charge in [0.2, 0.25) is 0 Å². The summed E-state index contributed by atoms with van der Waals surface area (Å²) < 4.78 is 3.74. The van der Waals surface area contributed by atoms with Crippen LogP contribution in [-0.4, -0.2) is 42.5 Å². The van der Waals surface area contributed by atoms with Gasteiger partial charge in [-0.05, 0) is 83.6 Å². The summed E-state index contributed by atoms with van der Waals surface area (Å²) in [6, 6.07) is 27.0. The average molecular weight is 705 g/mol. The highest BCUT2D eigenvalue weighted by Crippen LogP contribution is 2.37. The van der Waals surface area contributed by atoms with Crippen molar-refractivity contribution in [3.8, 4) is 0 Å². The predicted molar refractivity (Wildman–Crippen MR) is 202 cm³/mol. The number of carbonyl (C=O) groups is 3. The highest BCUT2D eigenvalue weighted by atomic mass is 16.4. The van der Waals surface area contributed by atoms with Crippen LogP contribution in [0.15, 0.2) is 97.3 Å². The lowest BCUT2D eigenvalue weighted by atomic mass is 9.83. The Morgan fingerprint density at radius 2 is 1.08 bits per heavy atom. The van der Waals surface area contributed by atoms with Gasteiger partial charge in [-0.25, -0.2) is 0 Å². The number of fused-ring (bicyclic) bond motifs is 4. The number of para-hydroxylation sites is 2. The summed E-state index contributed by atoms with van der Waals surface area (Å²) in [6.45, 7) is 4.65. The molecular weight excluding hydrogens is 665 g/mol. The number of nitrogens with zero attached hydrogens (tertiary/aromatic N) is 6. The van der Waals surface area contributed by atoms with Crippen LogP contribution in [0, 0.1) is 13.8 Å². The summed E-state index contributed by atoms with van der Waals surface area (Å²) in [4.78, 5) is 44.4. The standard InChI is InChI=1S/C43H40N6O4/c1-26-17-30(42(52)48-24-32-22-44-46(3)39(32)19-28-9-5-7-11-37(28)48)13-15-34(26)36(21-41(50)51)35-16-14-31(18-27(35)2)43(53)49-25-33-23-45-47(4)40(33)20-29-10-6-8-12-38(29)49/h5-18,22-23,36H,19-21,24-25H2,1-4H3,(H,50,51). The molecule has 2 aliphatic heterocycles. The molecule has 53 heavy (non-hydrogen) atoms. The zero-order chi connectivity index (χ0) is 37.0. The van der Waals surface area contributed by atoms with Crippen LogP contribution in [0.1, 0.15) is 89.0 Å². The number of hydrogen-bond donors (Lipinski definition) is 1. The molecule has 0 spiro atoms. The molecule has 4 aromatic carbocycles. The first kappa shape index (κ1) is 33.8. The van der Waals surface area contributed by atoms with Gasteiger partial charge in [-0.1, -0.05) is 48.5 Å². The second-order valence-corrected chi connectivity index (χ2v) is 14.2. The van der Waals surface area contributed by atoms with E-state index in [9.17, 15) is 19.5 Å². The van der Waals surface area contributed by atoms with Crippen LogP contribution in [-0.2, 0) is 44.8 Å². The van der Waals surface area contributed by atoms with Gasteiger partial charge in [-0.15, -0.1) is 0 Å². The van der Waals surface area contributed by atoms with E-state index in [0.29, 0.717) is 37.1 Å². The molecule has 266 valence electrons. The van der Waals surface area contributed by atoms with Crippen molar-refractivity contribution in [2.45, 2.75) is 52.1 Å². The molecule has 2 aliphatic rings. The van der Waals surface area contributed by atoms with Gasteiger partial charge in [0.1, 0.15) is 0 Å². The number of hydrogen-bond acceptors (Lipinski definition) is 5. The minimum atomic E-state index is -0.934. The molecule has 0 saturated carbocycles. The SMILES string of the molecule is Cc1cc(C(=O)N2Cc3cnn(C)c3Cc3ccccc32)ccc1C(CC(=O)O)c1ccc(C(=O)N2Cc3cnn(C)c3Cc3ccccc32)cc1C. The summed E-state index contributed by atoms with van der Waals surface area (Å²) in [5, 5.41) is 19.0. The zero-order valence-electron chi connectivity index (χ0n) is 30.2. The van der Waals surface area contributed by atoms with Gasteiger partial charge in [0.15, 0.2) is 0 Å². The maximum atomic E-state index is 14.2. The monoisotopic (exact) mass is 704 g/mol. The Labute approximate surface area is 307 Å². The van der Waals surface area contributed by atoms with E-state index in [1.807, 2.05) is 132 Å². The number of aryl methyl sites for hydroxylation is 4. The Morgan fingerprint density at radius 3 is 1.49 bits per heavy atom. The normalized spacial score (nSPS) is 13.5. The van der Waals surface area contributed by atoms with E-state index >= 15 is 0 Å². The quantitative estimate of drug-likeness (QED) is 0.202. The Bertz CT molecular complexity index is 2280. The third kappa shape index (κ3) is 6.09. The molecule has 0 atom stereocenters. The van der Waals surface area contributed by atoms with Gasteiger partial charge in [0, 0.05) is 77.9 Å². The van der Waals surface area contributed by atoms with Crippen LogP contribution in [0.4, 0.5) is 11.4 Å². The summed E-state index contributed by atoms with van der Waals surface area (Å²) >= 11 is 0. The molecule has 0 aliphatic carbocycles. The molecule has 0 unspecified atom stereocenters. The number of carbonyl (C=O) groups excluding carboxylic acids is 2. The first-order valence-electron chi connectivity index (χ1n) is 17.8. The molecule has 10 heteroatoms. The molecule has 10 nitrogen and oxygen atoms in total. The maximum Gasteiger partial charge on any atom is 0.304 e. The molecule has 0 bridgehead atoms. The highest BCUT2D eigenvalue weighted by Gasteiger charge is 2.30. The molecule has 2 amide bonds. The second-order valence-electron chi connectivity index (χ2n) is 14.2. The van der Waals surface area contributed by atoms with Gasteiger partial charge in [0.25, 0.3) is 11.8 Å². The molecule has 0 saturated heterocycles. The first-order chi connectivity index (χ1) is 25.6. The Kier molecular flexibility index (Phi) is 8.53. The van der Waals surface area contributed by atoms with E-state index in [2.05, 4.69) is 10.2 Å². The maximum absolute atomic E-state index is 14.2. The van der Waals surface area contributed by atoms with Gasteiger partial charge >= 0.3 is 5.97 Å². The summed E-state index contributed by atoms with van der Waals surface area (Å²) in [7, 11) is 3.85. The fraction of sp³-hybridized carbons (Fsp3) is 0.233. The zero-order valence-corrected chi connectivity index (χ0v) is 30.2. The van der Waals surface area contributed by atoms with Crippen molar-refractivity contribution in [2.75, 3.05) is 9.80 Å². The van der Waals surface area contributed by atoms with Crippen molar-refractivity contribution in [3.63, 3.8) is 0 Å². The minimum absolute atomic E-state index is 0.133. The predicted octanol–water partition coefficient (Wildman–Crippen LogP) is 6.88. The van der Waals surface area contributed by atoms with E-state index in [1.54, 1.807) is 12.1 Å². The van der Waals surface area contributed by atoms with Crippen LogP contribution in [0.5, 0.6) is 0 Å². The van der Waals surface area contributed by atoms with Crippen LogP contribution < -0.4 is 9.80 Å². The minimum Gasteiger partial charge on any atom is -0.481 e. The lowest BCUT2D eigenvalue weighted by Gasteiger charge is -2.25.